The topological polar surface area (TPSA) is 80.4 Å². The molecule has 0 aliphatic carbocycles. The monoisotopic (exact) mass is 410 g/mol. The summed E-state index contributed by atoms with van der Waals surface area (Å²) in [4.78, 5) is 20.1. The third-order valence-corrected chi connectivity index (χ3v) is 5.50. The molecule has 1 unspecified atom stereocenters. The molecule has 0 fully saturated rings. The Kier molecular flexibility index (Phi) is 19.2. The second kappa shape index (κ2) is 20.1. The number of hydrogen-bond acceptors (Lipinski definition) is 4. The lowest BCUT2D eigenvalue weighted by molar-refractivity contribution is -0.599. The molecule has 1 atom stereocenters. The lowest BCUT2D eigenvalue weighted by atomic mass is 10.0. The van der Waals surface area contributed by atoms with Crippen molar-refractivity contribution < 1.29 is 14.8 Å². The predicted molar refractivity (Wildman–Crippen MR) is 120 cm³/mol. The van der Waals surface area contributed by atoms with Gasteiger partial charge < -0.3 is 5.11 Å². The molecule has 5 heteroatoms. The number of nitro groups is 1. The van der Waals surface area contributed by atoms with Crippen LogP contribution in [0.2, 0.25) is 0 Å². The highest BCUT2D eigenvalue weighted by molar-refractivity contribution is 5.59. The van der Waals surface area contributed by atoms with Crippen LogP contribution in [0.15, 0.2) is 12.2 Å². The van der Waals surface area contributed by atoms with Crippen LogP contribution in [0.1, 0.15) is 129 Å². The van der Waals surface area contributed by atoms with Crippen LogP contribution in [0.3, 0.4) is 0 Å². The van der Waals surface area contributed by atoms with E-state index in [1.54, 1.807) is 0 Å². The van der Waals surface area contributed by atoms with Crippen LogP contribution in [0.4, 0.5) is 0 Å². The fourth-order valence-corrected chi connectivity index (χ4v) is 3.51. The summed E-state index contributed by atoms with van der Waals surface area (Å²) in [6.07, 6.45) is 27.4. The number of carbonyl (C=O) groups excluding carboxylic acids is 1. The molecule has 0 saturated heterocycles. The van der Waals surface area contributed by atoms with Gasteiger partial charge in [0.1, 0.15) is 0 Å². The summed E-state index contributed by atoms with van der Waals surface area (Å²) in [5.74, 6) is 0. The van der Waals surface area contributed by atoms with Crippen LogP contribution in [0, 0.1) is 10.1 Å². The lowest BCUT2D eigenvalue weighted by Crippen LogP contribution is -2.39. The first kappa shape index (κ1) is 27.8. The van der Waals surface area contributed by atoms with Crippen molar-refractivity contribution >= 4 is 6.29 Å². The summed E-state index contributed by atoms with van der Waals surface area (Å²) in [5.41, 5.74) is -2.51. The van der Waals surface area contributed by atoms with Crippen LogP contribution in [0.5, 0.6) is 0 Å². The van der Waals surface area contributed by atoms with Crippen molar-refractivity contribution in [3.8, 4) is 0 Å². The molecule has 0 aromatic heterocycles. The Labute approximate surface area is 178 Å². The molecule has 0 amide bonds. The molecule has 0 aromatic rings. The zero-order valence-corrected chi connectivity index (χ0v) is 18.7. The van der Waals surface area contributed by atoms with E-state index in [1.165, 1.54) is 89.9 Å². The highest BCUT2D eigenvalue weighted by Gasteiger charge is 2.40. The molecule has 5 nitrogen and oxygen atoms in total. The lowest BCUT2D eigenvalue weighted by Gasteiger charge is -2.10. The van der Waals surface area contributed by atoms with Crippen molar-refractivity contribution in [1.82, 2.24) is 0 Å². The van der Waals surface area contributed by atoms with E-state index in [1.807, 2.05) is 0 Å². The summed E-state index contributed by atoms with van der Waals surface area (Å²) in [7, 11) is 0. The third-order valence-electron chi connectivity index (χ3n) is 5.50. The van der Waals surface area contributed by atoms with Gasteiger partial charge in [0.05, 0.1) is 11.3 Å². The van der Waals surface area contributed by atoms with Gasteiger partial charge in [-0.2, -0.15) is 0 Å². The minimum absolute atomic E-state index is 0.142. The Morgan fingerprint density at radius 2 is 1.14 bits per heavy atom. The van der Waals surface area contributed by atoms with Crippen LogP contribution in [-0.4, -0.2) is 22.0 Å². The second-order valence-electron chi connectivity index (χ2n) is 8.28. The first-order valence-electron chi connectivity index (χ1n) is 12.0. The van der Waals surface area contributed by atoms with Crippen molar-refractivity contribution in [3.63, 3.8) is 0 Å². The zero-order chi connectivity index (χ0) is 21.6. The summed E-state index contributed by atoms with van der Waals surface area (Å²) in [6, 6.07) is 0. The molecule has 29 heavy (non-hydrogen) atoms. The fraction of sp³-hybridized carbons (Fsp3) is 0.875. The van der Waals surface area contributed by atoms with Gasteiger partial charge >= 0.3 is 12.0 Å². The van der Waals surface area contributed by atoms with Gasteiger partial charge in [0, 0.05) is 0 Å². The average Bonchev–Trinajstić information content (AvgIpc) is 2.72. The van der Waals surface area contributed by atoms with Gasteiger partial charge in [-0.1, -0.05) is 103 Å². The van der Waals surface area contributed by atoms with Crippen LogP contribution >= 0.6 is 0 Å². The van der Waals surface area contributed by atoms with Crippen molar-refractivity contribution in [2.24, 2.45) is 0 Å². The Morgan fingerprint density at radius 1 is 0.759 bits per heavy atom. The van der Waals surface area contributed by atoms with E-state index in [2.05, 4.69) is 19.1 Å². The van der Waals surface area contributed by atoms with E-state index in [4.69, 9.17) is 0 Å². The molecule has 169 valence electrons. The van der Waals surface area contributed by atoms with Crippen molar-refractivity contribution in [3.05, 3.63) is 22.3 Å². The Morgan fingerprint density at radius 3 is 1.52 bits per heavy atom. The molecule has 0 aliphatic heterocycles. The summed E-state index contributed by atoms with van der Waals surface area (Å²) in [5, 5.41) is 20.0. The van der Waals surface area contributed by atoms with Gasteiger partial charge in [-0.3, -0.25) is 14.9 Å². The van der Waals surface area contributed by atoms with E-state index >= 15 is 0 Å². The number of allylic oxidation sites excluding steroid dienone is 2. The molecule has 0 bridgehead atoms. The maximum absolute atomic E-state index is 10.6. The third kappa shape index (κ3) is 17.3. The molecule has 0 saturated carbocycles. The van der Waals surface area contributed by atoms with Gasteiger partial charge in [0.25, 0.3) is 0 Å². The maximum Gasteiger partial charge on any atom is 0.389 e. The van der Waals surface area contributed by atoms with Gasteiger partial charge in [-0.15, -0.1) is 0 Å². The predicted octanol–water partition coefficient (Wildman–Crippen LogP) is 7.05. The Balaban J connectivity index is 3.27. The van der Waals surface area contributed by atoms with E-state index in [0.29, 0.717) is 6.42 Å². The largest absolute Gasteiger partial charge is 0.389 e. The minimum atomic E-state index is -2.51. The second-order valence-corrected chi connectivity index (χ2v) is 8.28. The summed E-state index contributed by atoms with van der Waals surface area (Å²) >= 11 is 0. The number of aliphatic hydroxyl groups is 1. The molecule has 0 spiro atoms. The van der Waals surface area contributed by atoms with Gasteiger partial charge in [0.15, 0.2) is 0 Å². The Bertz CT molecular complexity index is 425. The van der Waals surface area contributed by atoms with E-state index in [0.717, 1.165) is 25.5 Å². The number of unbranched alkanes of at least 4 members (excludes halogenated alkanes) is 16. The Hall–Kier alpha value is -1.23. The van der Waals surface area contributed by atoms with Crippen LogP contribution in [-0.2, 0) is 4.79 Å². The standard InChI is InChI=1S/C24H44NO4/c1-2-3-4-5-6-7-8-9-10-11-12-13-14-15-16-17-18-19-20-21-22-24(27,23-26)25(28)29/h9-10,27H,2-8,11-22H2,1H3. The summed E-state index contributed by atoms with van der Waals surface area (Å²) < 4.78 is 0. The van der Waals surface area contributed by atoms with E-state index < -0.39 is 10.6 Å². The SMILES string of the molecule is CCCCCCCCC=CCCCCCCCCCCCCC(O)([C]=O)[N+](=O)[O-]. The van der Waals surface area contributed by atoms with Crippen LogP contribution in [0.25, 0.3) is 0 Å². The quantitative estimate of drug-likeness (QED) is 0.0681. The first-order chi connectivity index (χ1) is 14.1. The normalized spacial score (nSPS) is 13.6. The maximum atomic E-state index is 10.6. The van der Waals surface area contributed by atoms with Crippen LogP contribution < -0.4 is 0 Å². The molecule has 0 heterocycles. The molecule has 0 rings (SSSR count). The molecule has 1 radical (unpaired) electrons. The zero-order valence-electron chi connectivity index (χ0n) is 18.7. The number of hydrogen-bond donors (Lipinski definition) is 1. The average molecular weight is 411 g/mol. The molecular weight excluding hydrogens is 366 g/mol. The van der Waals surface area contributed by atoms with Crippen molar-refractivity contribution in [1.29, 1.82) is 0 Å². The van der Waals surface area contributed by atoms with Crippen molar-refractivity contribution in [2.75, 3.05) is 0 Å². The van der Waals surface area contributed by atoms with E-state index in [9.17, 15) is 20.0 Å². The number of nitrogens with zero attached hydrogens (tertiary/aromatic N) is 1. The smallest absolute Gasteiger partial charge is 0.324 e. The highest BCUT2D eigenvalue weighted by Crippen LogP contribution is 2.16. The molecular formula is C24H44NO4. The minimum Gasteiger partial charge on any atom is -0.324 e. The van der Waals surface area contributed by atoms with Gasteiger partial charge in [-0.05, 0) is 32.1 Å². The van der Waals surface area contributed by atoms with E-state index in [-0.39, 0.29) is 6.42 Å². The number of rotatable bonds is 22. The van der Waals surface area contributed by atoms with Gasteiger partial charge in [0.2, 0.25) is 0 Å². The van der Waals surface area contributed by atoms with Crippen molar-refractivity contribution in [2.45, 2.75) is 135 Å². The highest BCUT2D eigenvalue weighted by atomic mass is 16.7. The molecule has 0 aromatic carbocycles. The molecule has 0 aliphatic rings. The summed E-state index contributed by atoms with van der Waals surface area (Å²) in [6.45, 7) is 2.26. The van der Waals surface area contributed by atoms with Gasteiger partial charge in [-0.25, -0.2) is 0 Å². The fourth-order valence-electron chi connectivity index (χ4n) is 3.51. The molecule has 1 N–H and O–H groups in total. The first-order valence-corrected chi connectivity index (χ1v) is 12.0.